The number of aromatic nitrogens is 1. The Morgan fingerprint density at radius 3 is 2.53 bits per heavy atom. The third-order valence-electron chi connectivity index (χ3n) is 6.06. The summed E-state index contributed by atoms with van der Waals surface area (Å²) in [5.74, 6) is 0.144. The van der Waals surface area contributed by atoms with Crippen molar-refractivity contribution >= 4 is 29.3 Å². The van der Waals surface area contributed by atoms with Gasteiger partial charge in [-0.1, -0.05) is 0 Å². The minimum Gasteiger partial charge on any atom is -0.444 e. The van der Waals surface area contributed by atoms with Gasteiger partial charge in [-0.2, -0.15) is 0 Å². The molecule has 1 aromatic rings. The molecule has 194 valence electrons. The van der Waals surface area contributed by atoms with Crippen molar-refractivity contribution < 1.29 is 19.1 Å². The summed E-state index contributed by atoms with van der Waals surface area (Å²) in [6, 6.07) is 3.65. The van der Waals surface area contributed by atoms with Crippen molar-refractivity contribution in [1.29, 1.82) is 0 Å². The van der Waals surface area contributed by atoms with Crippen molar-refractivity contribution in [3.63, 3.8) is 0 Å². The van der Waals surface area contributed by atoms with Crippen LogP contribution in [0, 0.1) is 0 Å². The normalized spacial score (nSPS) is 17.9. The van der Waals surface area contributed by atoms with Crippen LogP contribution in [0.15, 0.2) is 41.4 Å². The van der Waals surface area contributed by atoms with Crippen LogP contribution in [0.2, 0.25) is 0 Å². The van der Waals surface area contributed by atoms with Crippen molar-refractivity contribution in [3.05, 3.63) is 41.4 Å². The highest BCUT2D eigenvalue weighted by Gasteiger charge is 2.27. The number of Topliss-reactive ketones (excluding diaryl/α,β-unsaturated/α-hetero) is 1. The van der Waals surface area contributed by atoms with Gasteiger partial charge in [0.2, 0.25) is 5.91 Å². The lowest BCUT2D eigenvalue weighted by Crippen LogP contribution is -2.50. The molecule has 0 spiro atoms. The molecule has 36 heavy (non-hydrogen) atoms. The number of carbonyl (C=O) groups is 3. The number of piperazine rings is 1. The molecule has 1 saturated heterocycles. The molecule has 0 unspecified atom stereocenters. The predicted molar refractivity (Wildman–Crippen MR) is 136 cm³/mol. The Kier molecular flexibility index (Phi) is 7.48. The lowest BCUT2D eigenvalue weighted by atomic mass is 10.0. The largest absolute Gasteiger partial charge is 0.444 e. The Bertz CT molecular complexity index is 1070. The number of pyridine rings is 1. The van der Waals surface area contributed by atoms with Crippen LogP contribution in [0.3, 0.4) is 0 Å². The van der Waals surface area contributed by atoms with Crippen LogP contribution in [-0.4, -0.2) is 77.7 Å². The number of hydrogen-bond acceptors (Lipinski definition) is 9. The number of amides is 2. The summed E-state index contributed by atoms with van der Waals surface area (Å²) in [7, 11) is 0. The minimum atomic E-state index is -0.512. The number of hydrogen-bond donors (Lipinski definition) is 3. The molecule has 1 fully saturated rings. The van der Waals surface area contributed by atoms with Gasteiger partial charge in [0.05, 0.1) is 24.2 Å². The standard InChI is InChI=1S/C25H35N7O4/c1-17-13-20-19(15-26-16-32(20)29-17)21(33)6-8-23(34)28-22-7-5-18(14-27-22)30-9-11-31(12-10-30)24(35)36-25(2,3)4/h5,7,13-14,26,29H,6,8-12,15-16H2,1-4H3,(H,27,28,34). The Hall–Kier alpha value is -3.60. The van der Waals surface area contributed by atoms with E-state index in [1.807, 2.05) is 44.8 Å². The number of carbonyl (C=O) groups excluding carboxylic acids is 3. The van der Waals surface area contributed by atoms with Gasteiger partial charge in [0.1, 0.15) is 11.4 Å². The molecular weight excluding hydrogens is 462 g/mol. The van der Waals surface area contributed by atoms with E-state index in [-0.39, 0.29) is 30.6 Å². The highest BCUT2D eigenvalue weighted by atomic mass is 16.6. The van der Waals surface area contributed by atoms with Crippen molar-refractivity contribution in [1.82, 2.24) is 25.6 Å². The molecule has 0 aromatic carbocycles. The number of allylic oxidation sites excluding steroid dienone is 2. The zero-order chi connectivity index (χ0) is 25.9. The molecule has 4 heterocycles. The fourth-order valence-electron chi connectivity index (χ4n) is 4.29. The predicted octanol–water partition coefficient (Wildman–Crippen LogP) is 1.97. The fourth-order valence-corrected chi connectivity index (χ4v) is 4.29. The first-order chi connectivity index (χ1) is 17.1. The van der Waals surface area contributed by atoms with E-state index in [0.717, 1.165) is 17.1 Å². The van der Waals surface area contributed by atoms with E-state index >= 15 is 0 Å². The molecule has 11 nitrogen and oxygen atoms in total. The molecule has 3 aliphatic rings. The van der Waals surface area contributed by atoms with Gasteiger partial charge in [0.25, 0.3) is 0 Å². The SMILES string of the molecule is CC1=CC2=C(C(=O)CCC(=O)Nc3ccc(N4CCN(C(=O)OC(C)(C)C)CC4)cn3)CNCN2N1. The zero-order valence-electron chi connectivity index (χ0n) is 21.4. The molecule has 11 heteroatoms. The molecule has 2 amide bonds. The van der Waals surface area contributed by atoms with Gasteiger partial charge in [-0.15, -0.1) is 0 Å². The average Bonchev–Trinajstić information content (AvgIpc) is 3.22. The summed E-state index contributed by atoms with van der Waals surface area (Å²) in [6.07, 6.45) is 3.59. The molecule has 0 saturated carbocycles. The Morgan fingerprint density at radius 1 is 1.11 bits per heavy atom. The molecule has 4 rings (SSSR count). The zero-order valence-corrected chi connectivity index (χ0v) is 21.4. The number of nitrogens with zero attached hydrogens (tertiary/aromatic N) is 4. The molecular formula is C25H35N7O4. The summed E-state index contributed by atoms with van der Waals surface area (Å²) in [5, 5.41) is 7.86. The number of hydrazine groups is 1. The summed E-state index contributed by atoms with van der Waals surface area (Å²) < 4.78 is 5.44. The Balaban J connectivity index is 1.24. The summed E-state index contributed by atoms with van der Waals surface area (Å²) >= 11 is 0. The van der Waals surface area contributed by atoms with Crippen LogP contribution < -0.4 is 21.0 Å². The monoisotopic (exact) mass is 497 g/mol. The van der Waals surface area contributed by atoms with Crippen molar-refractivity contribution in [3.8, 4) is 0 Å². The number of nitrogens with one attached hydrogen (secondary N) is 3. The molecule has 3 aliphatic heterocycles. The minimum absolute atomic E-state index is 0.0427. The van der Waals surface area contributed by atoms with Gasteiger partial charge in [-0.25, -0.2) is 9.78 Å². The van der Waals surface area contributed by atoms with Crippen LogP contribution in [0.25, 0.3) is 0 Å². The van der Waals surface area contributed by atoms with Crippen molar-refractivity contribution in [2.75, 3.05) is 49.6 Å². The van der Waals surface area contributed by atoms with E-state index in [2.05, 4.69) is 25.9 Å². The summed E-state index contributed by atoms with van der Waals surface area (Å²) in [4.78, 5) is 45.6. The van der Waals surface area contributed by atoms with E-state index in [4.69, 9.17) is 4.74 Å². The summed E-state index contributed by atoms with van der Waals surface area (Å²) in [6.45, 7) is 11.1. The number of anilines is 2. The topological polar surface area (TPSA) is 119 Å². The second-order valence-corrected chi connectivity index (χ2v) is 10.1. The van der Waals surface area contributed by atoms with E-state index in [1.54, 1.807) is 17.2 Å². The average molecular weight is 498 g/mol. The highest BCUT2D eigenvalue weighted by Crippen LogP contribution is 2.23. The highest BCUT2D eigenvalue weighted by molar-refractivity contribution is 6.00. The molecule has 0 radical (unpaired) electrons. The third kappa shape index (κ3) is 6.34. The van der Waals surface area contributed by atoms with Crippen LogP contribution in [0.4, 0.5) is 16.3 Å². The lowest BCUT2D eigenvalue weighted by Gasteiger charge is -2.36. The maximum atomic E-state index is 12.7. The van der Waals surface area contributed by atoms with Crippen LogP contribution in [0.5, 0.6) is 0 Å². The quantitative estimate of drug-likeness (QED) is 0.542. The number of ketones is 1. The lowest BCUT2D eigenvalue weighted by molar-refractivity contribution is -0.121. The first-order valence-corrected chi connectivity index (χ1v) is 12.3. The van der Waals surface area contributed by atoms with Gasteiger partial charge in [0, 0.05) is 56.8 Å². The van der Waals surface area contributed by atoms with Crippen molar-refractivity contribution in [2.24, 2.45) is 0 Å². The van der Waals surface area contributed by atoms with E-state index in [1.165, 1.54) is 0 Å². The number of ether oxygens (including phenoxy) is 1. The van der Waals surface area contributed by atoms with E-state index < -0.39 is 5.60 Å². The van der Waals surface area contributed by atoms with Gasteiger partial charge in [-0.3, -0.25) is 19.9 Å². The molecule has 0 atom stereocenters. The van der Waals surface area contributed by atoms with E-state index in [9.17, 15) is 14.4 Å². The molecule has 0 aliphatic carbocycles. The van der Waals surface area contributed by atoms with Gasteiger partial charge in [-0.05, 0) is 45.9 Å². The van der Waals surface area contributed by atoms with Gasteiger partial charge < -0.3 is 25.3 Å². The van der Waals surface area contributed by atoms with Gasteiger partial charge >= 0.3 is 6.09 Å². The second kappa shape index (κ2) is 10.6. The molecule has 1 aromatic heterocycles. The van der Waals surface area contributed by atoms with Crippen LogP contribution in [0.1, 0.15) is 40.5 Å². The first-order valence-electron chi connectivity index (χ1n) is 12.3. The van der Waals surface area contributed by atoms with Crippen LogP contribution in [-0.2, 0) is 14.3 Å². The van der Waals surface area contributed by atoms with E-state index in [0.29, 0.717) is 50.8 Å². The first kappa shape index (κ1) is 25.5. The maximum Gasteiger partial charge on any atom is 0.410 e. The number of fused-ring (bicyclic) bond motifs is 1. The maximum absolute atomic E-state index is 12.7. The van der Waals surface area contributed by atoms with Crippen LogP contribution >= 0.6 is 0 Å². The second-order valence-electron chi connectivity index (χ2n) is 10.1. The number of rotatable bonds is 6. The smallest absolute Gasteiger partial charge is 0.410 e. The summed E-state index contributed by atoms with van der Waals surface area (Å²) in [5.41, 5.74) is 6.14. The Morgan fingerprint density at radius 2 is 1.86 bits per heavy atom. The third-order valence-corrected chi connectivity index (χ3v) is 6.06. The van der Waals surface area contributed by atoms with Gasteiger partial charge in [0.15, 0.2) is 5.78 Å². The fraction of sp³-hybridized carbons (Fsp3) is 0.520. The van der Waals surface area contributed by atoms with Crippen molar-refractivity contribution in [2.45, 2.75) is 46.1 Å². The molecule has 0 bridgehead atoms. The molecule has 3 N–H and O–H groups in total. The Labute approximate surface area is 211 Å².